The van der Waals surface area contributed by atoms with Gasteiger partial charge in [0, 0.05) is 43.9 Å². The molecule has 0 aliphatic rings. The van der Waals surface area contributed by atoms with Gasteiger partial charge in [0.1, 0.15) is 11.2 Å². The Bertz CT molecular complexity index is 2760. The molecule has 48 heavy (non-hydrogen) atoms. The first kappa shape index (κ1) is 26.7. The smallest absolute Gasteiger partial charge is 0.160 e. The highest BCUT2D eigenvalue weighted by molar-refractivity contribution is 6.28. The molecule has 3 heterocycles. The van der Waals surface area contributed by atoms with Crippen LogP contribution in [0.3, 0.4) is 0 Å². The van der Waals surface area contributed by atoms with E-state index in [1.165, 1.54) is 21.5 Å². The first-order chi connectivity index (χ1) is 23.8. The second-order valence-electron chi connectivity index (χ2n) is 12.2. The molecule has 0 aliphatic heterocycles. The summed E-state index contributed by atoms with van der Waals surface area (Å²) in [5, 5.41) is 7.07. The second-order valence-corrected chi connectivity index (χ2v) is 12.2. The summed E-state index contributed by atoms with van der Waals surface area (Å²) in [7, 11) is 0. The van der Waals surface area contributed by atoms with Crippen LogP contribution in [-0.4, -0.2) is 14.5 Å². The van der Waals surface area contributed by atoms with Gasteiger partial charge in [-0.2, -0.15) is 0 Å². The number of nitrogens with zero attached hydrogens (tertiary/aromatic N) is 3. The van der Waals surface area contributed by atoms with Gasteiger partial charge in [-0.15, -0.1) is 0 Å². The third kappa shape index (κ3) is 4.16. The molecule has 0 N–H and O–H groups in total. The third-order valence-electron chi connectivity index (χ3n) is 9.39. The molecular weight excluding hydrogens is 587 g/mol. The maximum atomic E-state index is 6.46. The fourth-order valence-electron chi connectivity index (χ4n) is 7.14. The van der Waals surface area contributed by atoms with Crippen LogP contribution in [-0.2, 0) is 0 Å². The van der Waals surface area contributed by atoms with Crippen LogP contribution in [0.1, 0.15) is 0 Å². The van der Waals surface area contributed by atoms with E-state index in [9.17, 15) is 0 Å². The highest BCUT2D eigenvalue weighted by Crippen LogP contribution is 2.42. The van der Waals surface area contributed by atoms with Gasteiger partial charge in [0.15, 0.2) is 5.82 Å². The van der Waals surface area contributed by atoms with E-state index in [2.05, 4.69) is 132 Å². The Hall–Kier alpha value is -6.52. The lowest BCUT2D eigenvalue weighted by atomic mass is 10.0. The molecule has 224 valence electrons. The van der Waals surface area contributed by atoms with E-state index in [1.807, 2.05) is 36.4 Å². The summed E-state index contributed by atoms with van der Waals surface area (Å²) in [5.74, 6) is 0.697. The van der Waals surface area contributed by atoms with E-state index >= 15 is 0 Å². The summed E-state index contributed by atoms with van der Waals surface area (Å²) >= 11 is 0. The van der Waals surface area contributed by atoms with Crippen molar-refractivity contribution in [3.63, 3.8) is 0 Å². The van der Waals surface area contributed by atoms with Gasteiger partial charge in [0.25, 0.3) is 0 Å². The Balaban J connectivity index is 1.15. The van der Waals surface area contributed by atoms with Crippen LogP contribution in [0.5, 0.6) is 0 Å². The number of aromatic nitrogens is 3. The van der Waals surface area contributed by atoms with Crippen molar-refractivity contribution in [3.05, 3.63) is 164 Å². The lowest BCUT2D eigenvalue weighted by Crippen LogP contribution is -1.97. The van der Waals surface area contributed by atoms with Crippen molar-refractivity contribution in [1.82, 2.24) is 14.5 Å². The number of furan rings is 1. The Kier molecular flexibility index (Phi) is 5.84. The highest BCUT2D eigenvalue weighted by atomic mass is 16.3. The molecule has 0 aliphatic carbocycles. The zero-order valence-corrected chi connectivity index (χ0v) is 25.8. The minimum atomic E-state index is 0.697. The number of para-hydroxylation sites is 1. The molecule has 3 aromatic heterocycles. The van der Waals surface area contributed by atoms with Gasteiger partial charge in [-0.3, -0.25) is 0 Å². The quantitative estimate of drug-likeness (QED) is 0.198. The van der Waals surface area contributed by atoms with Gasteiger partial charge in [-0.05, 0) is 71.4 Å². The summed E-state index contributed by atoms with van der Waals surface area (Å²) in [4.78, 5) is 10.1. The monoisotopic (exact) mass is 613 g/mol. The van der Waals surface area contributed by atoms with Crippen molar-refractivity contribution in [1.29, 1.82) is 0 Å². The van der Waals surface area contributed by atoms with E-state index in [0.717, 1.165) is 66.7 Å². The highest BCUT2D eigenvalue weighted by Gasteiger charge is 2.19. The second kappa shape index (κ2) is 10.5. The van der Waals surface area contributed by atoms with Crippen LogP contribution in [0.25, 0.3) is 94.1 Å². The molecule has 0 bridgehead atoms. The molecule has 4 heteroatoms. The first-order valence-corrected chi connectivity index (χ1v) is 16.2. The topological polar surface area (TPSA) is 43.9 Å². The van der Waals surface area contributed by atoms with Crippen LogP contribution in [0.4, 0.5) is 0 Å². The lowest BCUT2D eigenvalue weighted by Gasteiger charge is -2.11. The average Bonchev–Trinajstić information content (AvgIpc) is 3.69. The van der Waals surface area contributed by atoms with Gasteiger partial charge >= 0.3 is 0 Å². The molecule has 10 rings (SSSR count). The van der Waals surface area contributed by atoms with Gasteiger partial charge in [-0.1, -0.05) is 103 Å². The van der Waals surface area contributed by atoms with Crippen LogP contribution in [0.2, 0.25) is 0 Å². The predicted octanol–water partition coefficient (Wildman–Crippen LogP) is 11.6. The van der Waals surface area contributed by atoms with Gasteiger partial charge < -0.3 is 8.98 Å². The molecule has 0 saturated carbocycles. The van der Waals surface area contributed by atoms with E-state index in [0.29, 0.717) is 5.82 Å². The number of hydrogen-bond acceptors (Lipinski definition) is 3. The summed E-state index contributed by atoms with van der Waals surface area (Å²) in [5.41, 5.74) is 10.1. The number of benzene rings is 7. The molecule has 0 radical (unpaired) electrons. The Morgan fingerprint density at radius 1 is 0.417 bits per heavy atom. The van der Waals surface area contributed by atoms with E-state index in [4.69, 9.17) is 14.4 Å². The molecule has 0 spiro atoms. The maximum Gasteiger partial charge on any atom is 0.160 e. The van der Waals surface area contributed by atoms with Crippen molar-refractivity contribution >= 4 is 54.5 Å². The van der Waals surface area contributed by atoms with Crippen LogP contribution < -0.4 is 0 Å². The molecule has 0 saturated heterocycles. The third-order valence-corrected chi connectivity index (χ3v) is 9.39. The summed E-state index contributed by atoms with van der Waals surface area (Å²) < 4.78 is 8.81. The first-order valence-electron chi connectivity index (χ1n) is 16.2. The zero-order valence-electron chi connectivity index (χ0n) is 25.8. The molecule has 0 atom stereocenters. The van der Waals surface area contributed by atoms with Crippen LogP contribution in [0, 0.1) is 0 Å². The molecule has 4 nitrogen and oxygen atoms in total. The van der Waals surface area contributed by atoms with Crippen LogP contribution >= 0.6 is 0 Å². The van der Waals surface area contributed by atoms with Crippen molar-refractivity contribution in [2.75, 3.05) is 0 Å². The van der Waals surface area contributed by atoms with Crippen molar-refractivity contribution in [3.8, 4) is 39.6 Å². The fraction of sp³-hybridized carbons (Fsp3) is 0. The molecule has 0 amide bonds. The van der Waals surface area contributed by atoms with Gasteiger partial charge in [-0.25, -0.2) is 9.97 Å². The molecule has 10 aromatic rings. The van der Waals surface area contributed by atoms with E-state index in [-0.39, 0.29) is 0 Å². The molecule has 7 aromatic carbocycles. The molecule has 0 fully saturated rings. The van der Waals surface area contributed by atoms with E-state index in [1.54, 1.807) is 0 Å². The maximum absolute atomic E-state index is 6.46. The number of rotatable bonds is 4. The lowest BCUT2D eigenvalue weighted by molar-refractivity contribution is 0.670. The zero-order chi connectivity index (χ0) is 31.6. The molecular formula is C44H27N3O. The minimum Gasteiger partial charge on any atom is -0.456 e. The van der Waals surface area contributed by atoms with Crippen molar-refractivity contribution in [2.24, 2.45) is 0 Å². The largest absolute Gasteiger partial charge is 0.456 e. The normalized spacial score (nSPS) is 11.8. The number of hydrogen-bond donors (Lipinski definition) is 0. The van der Waals surface area contributed by atoms with Gasteiger partial charge in [0.05, 0.1) is 22.4 Å². The Labute approximate surface area is 276 Å². The Morgan fingerprint density at radius 3 is 1.75 bits per heavy atom. The summed E-state index contributed by atoms with van der Waals surface area (Å²) in [6.07, 6.45) is 0. The average molecular weight is 614 g/mol. The van der Waals surface area contributed by atoms with Gasteiger partial charge in [0.2, 0.25) is 0 Å². The van der Waals surface area contributed by atoms with E-state index < -0.39 is 0 Å². The van der Waals surface area contributed by atoms with Crippen molar-refractivity contribution < 1.29 is 4.42 Å². The predicted molar refractivity (Wildman–Crippen MR) is 197 cm³/mol. The van der Waals surface area contributed by atoms with Crippen molar-refractivity contribution in [2.45, 2.75) is 0 Å². The SMILES string of the molecule is c1ccc(-c2cc(-c3ccccc3)nc(-c3ccc(-n4c5ccccc5c5c6c(ccc54)oc4cc5ccccc5cc46)cc3)n2)cc1. The molecule has 0 unspecified atom stereocenters. The fourth-order valence-corrected chi connectivity index (χ4v) is 7.14. The Morgan fingerprint density at radius 2 is 1.04 bits per heavy atom. The standard InChI is InChI=1S/C44H27N3O/c1-3-11-28(12-4-1)36-27-37(29-13-5-2-6-14-29)46-44(45-36)30-19-21-33(22-20-30)47-38-18-10-9-17-34(38)42-39(47)23-24-40-43(42)35-25-31-15-7-8-16-32(31)26-41(35)48-40/h1-27H. The summed E-state index contributed by atoms with van der Waals surface area (Å²) in [6, 6.07) is 57.1. The number of fused-ring (bicyclic) bond motifs is 8. The van der Waals surface area contributed by atoms with Crippen LogP contribution in [0.15, 0.2) is 168 Å². The summed E-state index contributed by atoms with van der Waals surface area (Å²) in [6.45, 7) is 0. The minimum absolute atomic E-state index is 0.697.